The van der Waals surface area contributed by atoms with Crippen LogP contribution in [0.4, 0.5) is 5.69 Å². The Kier molecular flexibility index (Phi) is 5.63. The maximum atomic E-state index is 12.0. The van der Waals surface area contributed by atoms with Gasteiger partial charge in [-0.25, -0.2) is 0 Å². The number of carbonyl (C=O) groups is 2. The molecule has 0 spiro atoms. The van der Waals surface area contributed by atoms with E-state index in [2.05, 4.69) is 5.43 Å². The number of hydrazine groups is 1. The van der Waals surface area contributed by atoms with Crippen LogP contribution in [0, 0.1) is 21.4 Å². The van der Waals surface area contributed by atoms with Crippen molar-refractivity contribution in [1.29, 1.82) is 5.26 Å². The number of non-ortho nitro benzene ring substituents is 1. The molecular formula is C17H12N4O5. The number of hydrogen-bond acceptors (Lipinski definition) is 6. The summed E-state index contributed by atoms with van der Waals surface area (Å²) in [5.74, 6) is -2.31. The molecule has 2 aromatic rings. The van der Waals surface area contributed by atoms with Gasteiger partial charge in [0.1, 0.15) is 11.8 Å². The molecule has 2 aromatic carbocycles. The quantitative estimate of drug-likeness (QED) is 0.252. The fourth-order valence-electron chi connectivity index (χ4n) is 1.93. The molecule has 0 heterocycles. The van der Waals surface area contributed by atoms with Gasteiger partial charge in [-0.1, -0.05) is 18.2 Å². The average Bonchev–Trinajstić information content (AvgIpc) is 2.67. The summed E-state index contributed by atoms with van der Waals surface area (Å²) < 4.78 is 0. The van der Waals surface area contributed by atoms with Crippen molar-refractivity contribution in [3.8, 4) is 6.07 Å². The highest BCUT2D eigenvalue weighted by Crippen LogP contribution is 2.19. The molecule has 0 bridgehead atoms. The molecule has 2 rings (SSSR count). The zero-order chi connectivity index (χ0) is 19.1. The van der Waals surface area contributed by atoms with Crippen LogP contribution in [0.2, 0.25) is 0 Å². The Hall–Kier alpha value is -4.19. The van der Waals surface area contributed by atoms with Gasteiger partial charge in [0.2, 0.25) is 0 Å². The summed E-state index contributed by atoms with van der Waals surface area (Å²) in [6.45, 7) is 0. The molecule has 0 aliphatic heterocycles. The molecule has 0 unspecified atom stereocenters. The molecule has 0 radical (unpaired) electrons. The predicted octanol–water partition coefficient (Wildman–Crippen LogP) is 1.85. The summed E-state index contributed by atoms with van der Waals surface area (Å²) in [6, 6.07) is 14.2. The molecule has 0 aliphatic carbocycles. The lowest BCUT2D eigenvalue weighted by Crippen LogP contribution is -2.42. The number of nitro benzene ring substituents is 1. The maximum Gasteiger partial charge on any atom is 0.284 e. The number of aliphatic hydroxyl groups excluding tert-OH is 1. The van der Waals surface area contributed by atoms with Crippen LogP contribution in [0.3, 0.4) is 0 Å². The zero-order valence-electron chi connectivity index (χ0n) is 13.2. The van der Waals surface area contributed by atoms with Crippen molar-refractivity contribution in [3.05, 3.63) is 81.4 Å². The van der Waals surface area contributed by atoms with E-state index in [1.165, 1.54) is 30.3 Å². The van der Waals surface area contributed by atoms with E-state index in [0.29, 0.717) is 0 Å². The van der Waals surface area contributed by atoms with Crippen molar-refractivity contribution in [2.24, 2.45) is 0 Å². The van der Waals surface area contributed by atoms with Crippen LogP contribution < -0.4 is 10.9 Å². The molecule has 0 atom stereocenters. The van der Waals surface area contributed by atoms with E-state index in [1.54, 1.807) is 18.2 Å². The van der Waals surface area contributed by atoms with Gasteiger partial charge in [0.05, 0.1) is 4.92 Å². The standard InChI is InChI=1S/C17H12N4O5/c18-10-14(15(22)11-6-8-13(9-7-11)21(25)26)17(24)20-19-16(23)12-4-2-1-3-5-12/h1-9,22H,(H,19,23)(H,20,24)/b15-14+. The SMILES string of the molecule is N#C/C(C(=O)NNC(=O)c1ccccc1)=C(\O)c1ccc([N+](=O)[O-])cc1. The van der Waals surface area contributed by atoms with Gasteiger partial charge in [-0.3, -0.25) is 30.6 Å². The Morgan fingerprint density at radius 3 is 2.15 bits per heavy atom. The fourth-order valence-corrected chi connectivity index (χ4v) is 1.93. The summed E-state index contributed by atoms with van der Waals surface area (Å²) in [7, 11) is 0. The smallest absolute Gasteiger partial charge is 0.284 e. The monoisotopic (exact) mass is 352 g/mol. The first-order valence-corrected chi connectivity index (χ1v) is 7.18. The minimum absolute atomic E-state index is 0.0386. The van der Waals surface area contributed by atoms with Gasteiger partial charge in [0.15, 0.2) is 5.57 Å². The van der Waals surface area contributed by atoms with Gasteiger partial charge in [-0.2, -0.15) is 5.26 Å². The number of carbonyl (C=O) groups excluding carboxylic acids is 2. The number of nitro groups is 1. The highest BCUT2D eigenvalue weighted by Gasteiger charge is 2.18. The van der Waals surface area contributed by atoms with Gasteiger partial charge in [-0.05, 0) is 24.3 Å². The van der Waals surface area contributed by atoms with Gasteiger partial charge < -0.3 is 5.11 Å². The first kappa shape index (κ1) is 18.2. The second-order valence-corrected chi connectivity index (χ2v) is 4.91. The summed E-state index contributed by atoms with van der Waals surface area (Å²) in [5, 5.41) is 29.8. The number of nitrogens with zero attached hydrogens (tertiary/aromatic N) is 2. The van der Waals surface area contributed by atoms with Crippen LogP contribution >= 0.6 is 0 Å². The highest BCUT2D eigenvalue weighted by atomic mass is 16.6. The van der Waals surface area contributed by atoms with Crippen LogP contribution in [0.1, 0.15) is 15.9 Å². The van der Waals surface area contributed by atoms with Crippen LogP contribution in [-0.4, -0.2) is 21.8 Å². The van der Waals surface area contributed by atoms with E-state index in [0.717, 1.165) is 12.1 Å². The number of rotatable bonds is 4. The number of benzene rings is 2. The first-order valence-electron chi connectivity index (χ1n) is 7.18. The summed E-state index contributed by atoms with van der Waals surface area (Å²) >= 11 is 0. The third-order valence-electron chi connectivity index (χ3n) is 3.25. The van der Waals surface area contributed by atoms with Crippen molar-refractivity contribution in [1.82, 2.24) is 10.9 Å². The first-order chi connectivity index (χ1) is 12.4. The van der Waals surface area contributed by atoms with Crippen molar-refractivity contribution in [2.75, 3.05) is 0 Å². The molecule has 0 aliphatic rings. The van der Waals surface area contributed by atoms with Crippen molar-refractivity contribution in [3.63, 3.8) is 0 Å². The molecule has 3 N–H and O–H groups in total. The molecule has 130 valence electrons. The Morgan fingerprint density at radius 2 is 1.62 bits per heavy atom. The fraction of sp³-hybridized carbons (Fsp3) is 0. The van der Waals surface area contributed by atoms with E-state index in [9.17, 15) is 24.8 Å². The predicted molar refractivity (Wildman–Crippen MR) is 90.3 cm³/mol. The van der Waals surface area contributed by atoms with Crippen molar-refractivity contribution in [2.45, 2.75) is 0 Å². The summed E-state index contributed by atoms with van der Waals surface area (Å²) in [4.78, 5) is 33.9. The van der Waals surface area contributed by atoms with Gasteiger partial charge in [0.25, 0.3) is 17.5 Å². The third kappa shape index (κ3) is 4.21. The van der Waals surface area contributed by atoms with E-state index in [1.807, 2.05) is 5.43 Å². The van der Waals surface area contributed by atoms with Crippen LogP contribution in [-0.2, 0) is 4.79 Å². The third-order valence-corrected chi connectivity index (χ3v) is 3.25. The minimum Gasteiger partial charge on any atom is -0.506 e. The molecular weight excluding hydrogens is 340 g/mol. The number of nitriles is 1. The number of hydrogen-bond donors (Lipinski definition) is 3. The Bertz CT molecular complexity index is 914. The van der Waals surface area contributed by atoms with E-state index in [-0.39, 0.29) is 16.8 Å². The lowest BCUT2D eigenvalue weighted by molar-refractivity contribution is -0.384. The molecule has 0 saturated heterocycles. The molecule has 0 aromatic heterocycles. The number of aliphatic hydroxyl groups is 1. The second kappa shape index (κ2) is 8.07. The van der Waals surface area contributed by atoms with Crippen LogP contribution in [0.5, 0.6) is 0 Å². The Balaban J connectivity index is 2.14. The normalized spacial score (nSPS) is 10.9. The second-order valence-electron chi connectivity index (χ2n) is 4.91. The lowest BCUT2D eigenvalue weighted by Gasteiger charge is -2.08. The largest absolute Gasteiger partial charge is 0.506 e. The molecule has 9 heteroatoms. The summed E-state index contributed by atoms with van der Waals surface area (Å²) in [6.07, 6.45) is 0. The van der Waals surface area contributed by atoms with Crippen molar-refractivity contribution < 1.29 is 19.6 Å². The van der Waals surface area contributed by atoms with Gasteiger partial charge in [-0.15, -0.1) is 0 Å². The summed E-state index contributed by atoms with van der Waals surface area (Å²) in [5.41, 5.74) is 3.60. The molecule has 2 amide bonds. The van der Waals surface area contributed by atoms with Gasteiger partial charge in [0, 0.05) is 23.3 Å². The van der Waals surface area contributed by atoms with Crippen LogP contribution in [0.15, 0.2) is 60.2 Å². The minimum atomic E-state index is -1.03. The van der Waals surface area contributed by atoms with E-state index >= 15 is 0 Å². The van der Waals surface area contributed by atoms with Crippen molar-refractivity contribution >= 4 is 23.3 Å². The molecule has 0 saturated carbocycles. The van der Waals surface area contributed by atoms with E-state index in [4.69, 9.17) is 5.26 Å². The number of nitrogens with one attached hydrogen (secondary N) is 2. The maximum absolute atomic E-state index is 12.0. The molecule has 9 nitrogen and oxygen atoms in total. The molecule has 26 heavy (non-hydrogen) atoms. The molecule has 0 fully saturated rings. The topological polar surface area (TPSA) is 145 Å². The lowest BCUT2D eigenvalue weighted by atomic mass is 10.1. The van der Waals surface area contributed by atoms with E-state index < -0.39 is 28.1 Å². The Morgan fingerprint density at radius 1 is 1.00 bits per heavy atom. The van der Waals surface area contributed by atoms with Crippen LogP contribution in [0.25, 0.3) is 5.76 Å². The Labute approximate surface area is 147 Å². The average molecular weight is 352 g/mol. The number of amides is 2. The zero-order valence-corrected chi connectivity index (χ0v) is 13.2. The van der Waals surface area contributed by atoms with Gasteiger partial charge >= 0.3 is 0 Å². The highest BCUT2D eigenvalue weighted by molar-refractivity contribution is 6.05.